The minimum atomic E-state index is -0.396. The van der Waals surface area contributed by atoms with Crippen molar-refractivity contribution < 1.29 is 4.92 Å². The second kappa shape index (κ2) is 7.59. The zero-order chi connectivity index (χ0) is 20.5. The molecule has 0 unspecified atom stereocenters. The van der Waals surface area contributed by atoms with Crippen LogP contribution in [-0.2, 0) is 0 Å². The quantitative estimate of drug-likeness (QED) is 0.248. The van der Waals surface area contributed by atoms with E-state index in [4.69, 9.17) is 0 Å². The zero-order valence-corrected chi connectivity index (χ0v) is 16.3. The van der Waals surface area contributed by atoms with Crippen LogP contribution in [0.2, 0.25) is 0 Å². The number of anilines is 1. The monoisotopic (exact) mass is 395 g/mol. The highest BCUT2D eigenvalue weighted by Gasteiger charge is 2.37. The first-order chi connectivity index (χ1) is 14.7. The normalized spacial score (nSPS) is 21.8. The molecule has 30 heavy (non-hydrogen) atoms. The van der Waals surface area contributed by atoms with Gasteiger partial charge in [0, 0.05) is 30.0 Å². The summed E-state index contributed by atoms with van der Waals surface area (Å²) in [6.45, 7) is 0. The van der Waals surface area contributed by atoms with E-state index in [9.17, 15) is 10.1 Å². The first-order valence-electron chi connectivity index (χ1n) is 10.1. The third-order valence-electron chi connectivity index (χ3n) is 5.97. The molecular weight excluding hydrogens is 374 g/mol. The number of benzene rings is 3. The van der Waals surface area contributed by atoms with Crippen LogP contribution in [0.1, 0.15) is 35.1 Å². The Bertz CT molecular complexity index is 1150. The van der Waals surface area contributed by atoms with E-state index in [2.05, 4.69) is 58.9 Å². The molecule has 0 saturated carbocycles. The van der Waals surface area contributed by atoms with Gasteiger partial charge in [-0.1, -0.05) is 54.6 Å². The van der Waals surface area contributed by atoms with Gasteiger partial charge in [-0.25, -0.2) is 0 Å². The average molecular weight is 395 g/mol. The molecule has 5 nitrogen and oxygen atoms in total. The Morgan fingerprint density at radius 1 is 1.03 bits per heavy atom. The minimum absolute atomic E-state index is 0.0673. The number of rotatable bonds is 4. The van der Waals surface area contributed by atoms with Crippen molar-refractivity contribution in [1.29, 1.82) is 0 Å². The summed E-state index contributed by atoms with van der Waals surface area (Å²) in [5.74, 6) is 0.970. The van der Waals surface area contributed by atoms with E-state index in [0.29, 0.717) is 17.4 Å². The first-order valence-corrected chi connectivity index (χ1v) is 10.1. The molecule has 0 spiro atoms. The van der Waals surface area contributed by atoms with Crippen LogP contribution >= 0.6 is 0 Å². The second-order valence-electron chi connectivity index (χ2n) is 7.76. The Morgan fingerprint density at radius 3 is 2.70 bits per heavy atom. The van der Waals surface area contributed by atoms with Gasteiger partial charge in [0.25, 0.3) is 5.69 Å². The number of fused-ring (bicyclic) bond motifs is 3. The number of nitro benzene ring substituents is 1. The van der Waals surface area contributed by atoms with Gasteiger partial charge in [0.1, 0.15) is 0 Å². The molecule has 5 rings (SSSR count). The number of hydrogen-bond donors (Lipinski definition) is 1. The summed E-state index contributed by atoms with van der Waals surface area (Å²) in [5, 5.41) is 14.7. The van der Waals surface area contributed by atoms with Crippen LogP contribution in [0.3, 0.4) is 0 Å². The van der Waals surface area contributed by atoms with E-state index < -0.39 is 4.92 Å². The van der Waals surface area contributed by atoms with E-state index in [0.717, 1.165) is 12.1 Å². The van der Waals surface area contributed by atoms with Crippen molar-refractivity contribution >= 4 is 23.3 Å². The smallest absolute Gasteiger partial charge is 0.270 e. The van der Waals surface area contributed by atoms with Crippen LogP contribution < -0.4 is 5.32 Å². The molecule has 0 saturated heterocycles. The van der Waals surface area contributed by atoms with Crippen molar-refractivity contribution in [1.82, 2.24) is 0 Å². The molecule has 1 N–H and O–H groups in total. The summed E-state index contributed by atoms with van der Waals surface area (Å²) in [6, 6.07) is 23.6. The van der Waals surface area contributed by atoms with E-state index in [-0.39, 0.29) is 11.7 Å². The van der Waals surface area contributed by atoms with Gasteiger partial charge in [-0.15, -0.1) is 0 Å². The van der Waals surface area contributed by atoms with Crippen LogP contribution in [0.4, 0.5) is 17.1 Å². The Balaban J connectivity index is 1.37. The van der Waals surface area contributed by atoms with E-state index in [1.807, 2.05) is 18.2 Å². The predicted molar refractivity (Wildman–Crippen MR) is 120 cm³/mol. The molecule has 1 heterocycles. The summed E-state index contributed by atoms with van der Waals surface area (Å²) >= 11 is 0. The fourth-order valence-corrected chi connectivity index (χ4v) is 4.51. The van der Waals surface area contributed by atoms with Crippen molar-refractivity contribution in [2.24, 2.45) is 10.9 Å². The lowest BCUT2D eigenvalue weighted by molar-refractivity contribution is -0.384. The lowest BCUT2D eigenvalue weighted by atomic mass is 9.77. The third kappa shape index (κ3) is 3.39. The maximum atomic E-state index is 10.9. The molecule has 3 aromatic rings. The molecule has 5 heteroatoms. The van der Waals surface area contributed by atoms with E-state index >= 15 is 0 Å². The Kier molecular flexibility index (Phi) is 4.64. The highest BCUT2D eigenvalue weighted by atomic mass is 16.6. The second-order valence-corrected chi connectivity index (χ2v) is 7.76. The number of allylic oxidation sites excluding steroid dienone is 2. The summed E-state index contributed by atoms with van der Waals surface area (Å²) < 4.78 is 0. The average Bonchev–Trinajstić information content (AvgIpc) is 3.28. The topological polar surface area (TPSA) is 67.5 Å². The molecule has 148 valence electrons. The fraction of sp³-hybridized carbons (Fsp3) is 0.160. The maximum Gasteiger partial charge on any atom is 0.270 e. The van der Waals surface area contributed by atoms with Gasteiger partial charge in [-0.3, -0.25) is 15.1 Å². The summed E-state index contributed by atoms with van der Waals surface area (Å²) in [6.07, 6.45) is 7.37. The molecule has 0 amide bonds. The standard InChI is InChI=1S/C25H21N3O2/c29-28(30)20-6-3-5-17(15-20)16-26-19-13-11-18(12-14-19)25-23-9-4-8-21(23)22-7-1-2-10-24(22)27-25/h1-8,10-16,21,23,25,27H,9H2/t21-,23+,25-/m0/s1. The fourth-order valence-electron chi connectivity index (χ4n) is 4.51. The number of non-ortho nitro benzene ring substituents is 1. The van der Waals surface area contributed by atoms with Gasteiger partial charge < -0.3 is 5.32 Å². The number of hydrogen-bond acceptors (Lipinski definition) is 4. The van der Waals surface area contributed by atoms with Gasteiger partial charge in [-0.05, 0) is 47.2 Å². The van der Waals surface area contributed by atoms with Crippen LogP contribution in [0.5, 0.6) is 0 Å². The molecule has 1 aliphatic heterocycles. The molecule has 0 aromatic heterocycles. The van der Waals surface area contributed by atoms with Gasteiger partial charge in [0.05, 0.1) is 16.7 Å². The van der Waals surface area contributed by atoms with Crippen molar-refractivity contribution in [3.63, 3.8) is 0 Å². The van der Waals surface area contributed by atoms with E-state index in [1.165, 1.54) is 28.9 Å². The van der Waals surface area contributed by atoms with Gasteiger partial charge in [0.2, 0.25) is 0 Å². The van der Waals surface area contributed by atoms with Crippen molar-refractivity contribution in [2.45, 2.75) is 18.4 Å². The highest BCUT2D eigenvalue weighted by Crippen LogP contribution is 2.49. The number of nitro groups is 1. The van der Waals surface area contributed by atoms with Crippen molar-refractivity contribution in [3.05, 3.63) is 112 Å². The molecule has 3 aromatic carbocycles. The lowest BCUT2D eigenvalue weighted by Gasteiger charge is -2.37. The van der Waals surface area contributed by atoms with Crippen molar-refractivity contribution in [2.75, 3.05) is 5.32 Å². The zero-order valence-electron chi connectivity index (χ0n) is 16.3. The van der Waals surface area contributed by atoms with Crippen molar-refractivity contribution in [3.8, 4) is 0 Å². The molecule has 0 radical (unpaired) electrons. The maximum absolute atomic E-state index is 10.9. The lowest BCUT2D eigenvalue weighted by Crippen LogP contribution is -2.28. The number of para-hydroxylation sites is 1. The third-order valence-corrected chi connectivity index (χ3v) is 5.97. The number of aliphatic imine (C=N–C) groups is 1. The summed E-state index contributed by atoms with van der Waals surface area (Å²) in [5.41, 5.74) is 5.44. The van der Waals surface area contributed by atoms with Crippen LogP contribution in [0.25, 0.3) is 0 Å². The summed E-state index contributed by atoms with van der Waals surface area (Å²) in [4.78, 5) is 15.0. The highest BCUT2D eigenvalue weighted by molar-refractivity contribution is 5.82. The minimum Gasteiger partial charge on any atom is -0.378 e. The largest absolute Gasteiger partial charge is 0.378 e. The Hall–Kier alpha value is -3.73. The molecule has 0 bridgehead atoms. The SMILES string of the molecule is O=[N+]([O-])c1cccc(C=Nc2ccc([C@@H]3Nc4ccccc4[C@@H]4C=CC[C@H]43)cc2)c1. The number of nitrogens with one attached hydrogen (secondary N) is 1. The summed E-state index contributed by atoms with van der Waals surface area (Å²) in [7, 11) is 0. The Morgan fingerprint density at radius 2 is 1.87 bits per heavy atom. The van der Waals surface area contributed by atoms with E-state index in [1.54, 1.807) is 12.3 Å². The molecule has 2 aliphatic rings. The van der Waals surface area contributed by atoms with Gasteiger partial charge in [0.15, 0.2) is 0 Å². The molecular formula is C25H21N3O2. The van der Waals surface area contributed by atoms with Crippen LogP contribution in [0, 0.1) is 16.0 Å². The van der Waals surface area contributed by atoms with Crippen LogP contribution in [0.15, 0.2) is 89.9 Å². The predicted octanol–water partition coefficient (Wildman–Crippen LogP) is 6.17. The molecule has 1 aliphatic carbocycles. The van der Waals surface area contributed by atoms with Gasteiger partial charge in [-0.2, -0.15) is 0 Å². The first kappa shape index (κ1) is 18.3. The molecule has 3 atom stereocenters. The molecule has 0 fully saturated rings. The van der Waals surface area contributed by atoms with Gasteiger partial charge >= 0.3 is 0 Å². The number of nitrogens with zero attached hydrogens (tertiary/aromatic N) is 2. The van der Waals surface area contributed by atoms with Crippen LogP contribution in [-0.4, -0.2) is 11.1 Å². The Labute approximate surface area is 174 Å².